The number of ether oxygens (including phenoxy) is 3. The van der Waals surface area contributed by atoms with E-state index in [0.717, 1.165) is 0 Å². The zero-order chi connectivity index (χ0) is 24.2. The van der Waals surface area contributed by atoms with Crippen molar-refractivity contribution in [1.82, 2.24) is 0 Å². The third kappa shape index (κ3) is 4.58. The molecule has 0 amide bonds. The Morgan fingerprint density at radius 2 is 1.74 bits per heavy atom. The maximum absolute atomic E-state index is 13.1. The summed E-state index contributed by atoms with van der Waals surface area (Å²) < 4.78 is 22.5. The van der Waals surface area contributed by atoms with Crippen molar-refractivity contribution in [3.63, 3.8) is 0 Å². The molecule has 4 aromatic rings. The highest BCUT2D eigenvalue weighted by Crippen LogP contribution is 2.33. The quantitative estimate of drug-likeness (QED) is 0.155. The van der Waals surface area contributed by atoms with Crippen molar-refractivity contribution in [2.45, 2.75) is 13.8 Å². The lowest BCUT2D eigenvalue weighted by Gasteiger charge is -2.13. The highest BCUT2D eigenvalue weighted by Gasteiger charge is 2.18. The predicted octanol–water partition coefficient (Wildman–Crippen LogP) is 5.42. The molecule has 0 bridgehead atoms. The van der Waals surface area contributed by atoms with Crippen molar-refractivity contribution < 1.29 is 28.3 Å². The van der Waals surface area contributed by atoms with Crippen LogP contribution in [-0.2, 0) is 0 Å². The van der Waals surface area contributed by atoms with Gasteiger partial charge in [-0.3, -0.25) is 14.9 Å². The van der Waals surface area contributed by atoms with E-state index in [2.05, 4.69) is 0 Å². The van der Waals surface area contributed by atoms with Crippen molar-refractivity contribution >= 4 is 22.6 Å². The molecule has 9 nitrogen and oxygen atoms in total. The van der Waals surface area contributed by atoms with E-state index in [1.54, 1.807) is 31.2 Å². The Morgan fingerprint density at radius 1 is 1.03 bits per heavy atom. The van der Waals surface area contributed by atoms with Gasteiger partial charge in [0.1, 0.15) is 17.1 Å². The summed E-state index contributed by atoms with van der Waals surface area (Å²) in [5.74, 6) is 0.581. The first kappa shape index (κ1) is 22.5. The molecule has 0 aliphatic heterocycles. The van der Waals surface area contributed by atoms with Crippen LogP contribution in [0, 0.1) is 17.0 Å². The van der Waals surface area contributed by atoms with E-state index in [4.69, 9.17) is 18.6 Å². The number of nitro groups is 1. The van der Waals surface area contributed by atoms with Crippen molar-refractivity contribution in [1.29, 1.82) is 0 Å². The van der Waals surface area contributed by atoms with Crippen LogP contribution in [0.25, 0.3) is 11.0 Å². The second-order valence-electron chi connectivity index (χ2n) is 7.15. The Morgan fingerprint density at radius 3 is 2.41 bits per heavy atom. The summed E-state index contributed by atoms with van der Waals surface area (Å²) in [6, 6.07) is 16.4. The van der Waals surface area contributed by atoms with Crippen LogP contribution in [0.1, 0.15) is 23.0 Å². The van der Waals surface area contributed by atoms with E-state index >= 15 is 0 Å². The Labute approximate surface area is 193 Å². The van der Waals surface area contributed by atoms with Crippen LogP contribution >= 0.6 is 0 Å². The Kier molecular flexibility index (Phi) is 6.26. The number of hydrogen-bond donors (Lipinski definition) is 0. The molecule has 1 heterocycles. The van der Waals surface area contributed by atoms with Crippen LogP contribution in [0.4, 0.5) is 5.69 Å². The highest BCUT2D eigenvalue weighted by molar-refractivity contribution is 5.92. The van der Waals surface area contributed by atoms with Crippen LogP contribution < -0.4 is 19.6 Å². The fraction of sp³-hybridized carbons (Fsp3) is 0.120. The fourth-order valence-electron chi connectivity index (χ4n) is 3.25. The molecule has 4 rings (SSSR count). The van der Waals surface area contributed by atoms with Crippen LogP contribution in [0.3, 0.4) is 0 Å². The number of nitro benzene ring substituents is 1. The van der Waals surface area contributed by atoms with Crippen LogP contribution in [-0.4, -0.2) is 17.5 Å². The second kappa shape index (κ2) is 9.45. The Balaban J connectivity index is 1.61. The molecule has 3 aromatic carbocycles. The molecule has 9 heteroatoms. The van der Waals surface area contributed by atoms with Gasteiger partial charge in [0.05, 0.1) is 22.5 Å². The molecule has 172 valence electrons. The zero-order valence-corrected chi connectivity index (χ0v) is 18.3. The lowest BCUT2D eigenvalue weighted by molar-refractivity contribution is -0.384. The summed E-state index contributed by atoms with van der Waals surface area (Å²) in [7, 11) is 0. The SMILES string of the molecule is CCOc1ccccc1Oc1c(C)oc2cc(OC(=O)c3ccc([N+](=O)[O-])cc3)ccc2c1=O. The molecule has 1 aromatic heterocycles. The van der Waals surface area contributed by atoms with Gasteiger partial charge in [-0.15, -0.1) is 0 Å². The number of nitrogens with zero attached hydrogens (tertiary/aromatic N) is 1. The van der Waals surface area contributed by atoms with E-state index in [-0.39, 0.29) is 39.5 Å². The number of benzene rings is 3. The van der Waals surface area contributed by atoms with Crippen LogP contribution in [0.15, 0.2) is 75.9 Å². The van der Waals surface area contributed by atoms with Crippen molar-refractivity contribution in [3.8, 4) is 23.0 Å². The predicted molar refractivity (Wildman–Crippen MR) is 123 cm³/mol. The van der Waals surface area contributed by atoms with E-state index in [1.165, 1.54) is 42.5 Å². The van der Waals surface area contributed by atoms with Gasteiger partial charge in [0, 0.05) is 18.2 Å². The van der Waals surface area contributed by atoms with Gasteiger partial charge < -0.3 is 18.6 Å². The number of fused-ring (bicyclic) bond motifs is 1. The van der Waals surface area contributed by atoms with E-state index in [1.807, 2.05) is 6.92 Å². The maximum Gasteiger partial charge on any atom is 0.343 e. The summed E-state index contributed by atoms with van der Waals surface area (Å²) in [6.45, 7) is 3.88. The smallest absolute Gasteiger partial charge is 0.343 e. The van der Waals surface area contributed by atoms with Gasteiger partial charge in [-0.2, -0.15) is 0 Å². The van der Waals surface area contributed by atoms with Gasteiger partial charge >= 0.3 is 5.97 Å². The highest BCUT2D eigenvalue weighted by atomic mass is 16.6. The molecule has 0 unspecified atom stereocenters. The van der Waals surface area contributed by atoms with Crippen LogP contribution in [0.2, 0.25) is 0 Å². The zero-order valence-electron chi connectivity index (χ0n) is 18.3. The van der Waals surface area contributed by atoms with Crippen LogP contribution in [0.5, 0.6) is 23.0 Å². The largest absolute Gasteiger partial charge is 0.490 e. The first-order valence-corrected chi connectivity index (χ1v) is 10.3. The fourth-order valence-corrected chi connectivity index (χ4v) is 3.25. The second-order valence-corrected chi connectivity index (χ2v) is 7.15. The van der Waals surface area contributed by atoms with Gasteiger partial charge in [0.15, 0.2) is 11.5 Å². The Hall–Kier alpha value is -4.66. The molecule has 0 radical (unpaired) electrons. The van der Waals surface area contributed by atoms with Gasteiger partial charge in [0.25, 0.3) is 5.69 Å². The maximum atomic E-state index is 13.1. The molecule has 0 spiro atoms. The molecule has 0 fully saturated rings. The van der Waals surface area contributed by atoms with Gasteiger partial charge in [-0.1, -0.05) is 12.1 Å². The van der Waals surface area contributed by atoms with Crippen molar-refractivity contribution in [2.24, 2.45) is 0 Å². The average Bonchev–Trinajstić information content (AvgIpc) is 2.83. The molecule has 0 aliphatic rings. The minimum Gasteiger partial charge on any atom is -0.490 e. The van der Waals surface area contributed by atoms with Gasteiger partial charge in [0.2, 0.25) is 11.2 Å². The van der Waals surface area contributed by atoms with Gasteiger partial charge in [-0.05, 0) is 50.2 Å². The van der Waals surface area contributed by atoms with E-state index < -0.39 is 16.3 Å². The monoisotopic (exact) mass is 461 g/mol. The molecule has 34 heavy (non-hydrogen) atoms. The summed E-state index contributed by atoms with van der Waals surface area (Å²) in [5.41, 5.74) is -0.179. The standard InChI is InChI=1S/C25H19NO8/c1-3-31-20-6-4-5-7-21(20)34-24-15(2)32-22-14-18(12-13-19(22)23(24)27)33-25(28)16-8-10-17(11-9-16)26(29)30/h4-14H,3H2,1-2H3. The summed E-state index contributed by atoms with van der Waals surface area (Å²) >= 11 is 0. The minimum absolute atomic E-state index is 0.0234. The number of para-hydroxylation sites is 2. The molecular weight excluding hydrogens is 442 g/mol. The summed E-state index contributed by atoms with van der Waals surface area (Å²) in [5, 5.41) is 11.0. The Bertz CT molecular complexity index is 1440. The van der Waals surface area contributed by atoms with Crippen molar-refractivity contribution in [2.75, 3.05) is 6.61 Å². The summed E-state index contributed by atoms with van der Waals surface area (Å²) in [6.07, 6.45) is 0. The lowest BCUT2D eigenvalue weighted by Crippen LogP contribution is -2.10. The lowest BCUT2D eigenvalue weighted by atomic mass is 10.2. The third-order valence-electron chi connectivity index (χ3n) is 4.87. The number of aryl methyl sites for hydroxylation is 1. The molecule has 0 aliphatic carbocycles. The normalized spacial score (nSPS) is 10.6. The first-order chi connectivity index (χ1) is 16.4. The van der Waals surface area contributed by atoms with E-state index in [0.29, 0.717) is 18.1 Å². The number of carbonyl (C=O) groups excluding carboxylic acids is 1. The molecule has 0 N–H and O–H groups in total. The molecular formula is C25H19NO8. The number of hydrogen-bond acceptors (Lipinski definition) is 8. The number of esters is 1. The third-order valence-corrected chi connectivity index (χ3v) is 4.87. The molecule has 0 atom stereocenters. The van der Waals surface area contributed by atoms with Gasteiger partial charge in [-0.25, -0.2) is 4.79 Å². The summed E-state index contributed by atoms with van der Waals surface area (Å²) in [4.78, 5) is 35.7. The molecule has 0 saturated carbocycles. The first-order valence-electron chi connectivity index (χ1n) is 10.3. The van der Waals surface area contributed by atoms with E-state index in [9.17, 15) is 19.7 Å². The topological polar surface area (TPSA) is 118 Å². The number of carbonyl (C=O) groups is 1. The molecule has 0 saturated heterocycles. The minimum atomic E-state index is -0.708. The number of non-ortho nitro benzene ring substituents is 1. The van der Waals surface area contributed by atoms with Crippen molar-refractivity contribution in [3.05, 3.63) is 98.4 Å². The number of rotatable bonds is 7. The average molecular weight is 461 g/mol.